The second kappa shape index (κ2) is 5.37. The maximum absolute atomic E-state index is 11.3. The van der Waals surface area contributed by atoms with Crippen molar-refractivity contribution in [3.8, 4) is 10.6 Å². The maximum atomic E-state index is 11.3. The Morgan fingerprint density at radius 3 is 2.58 bits per heavy atom. The van der Waals surface area contributed by atoms with Crippen LogP contribution in [0.5, 0.6) is 0 Å². The molecule has 0 spiro atoms. The first-order chi connectivity index (χ1) is 8.97. The van der Waals surface area contributed by atoms with E-state index in [1.807, 2.05) is 6.07 Å². The summed E-state index contributed by atoms with van der Waals surface area (Å²) in [5, 5.41) is 2.69. The van der Waals surface area contributed by atoms with Gasteiger partial charge >= 0.3 is 6.03 Å². The van der Waals surface area contributed by atoms with Gasteiger partial charge in [0, 0.05) is 10.7 Å². The first kappa shape index (κ1) is 13.5. The highest BCUT2D eigenvalue weighted by Crippen LogP contribution is 2.34. The molecule has 2 heterocycles. The van der Waals surface area contributed by atoms with E-state index in [0.29, 0.717) is 15.6 Å². The summed E-state index contributed by atoms with van der Waals surface area (Å²) in [7, 11) is 0. The van der Waals surface area contributed by atoms with Gasteiger partial charge in [-0.1, -0.05) is 0 Å². The molecule has 98 valence electrons. The number of hydrogen-bond acceptors (Lipinski definition) is 4. The number of urea groups is 1. The number of carbonyl (C=O) groups excluding carboxylic acids is 2. The third-order valence-electron chi connectivity index (χ3n) is 2.21. The number of hydrogen-bond donors (Lipinski definition) is 3. The summed E-state index contributed by atoms with van der Waals surface area (Å²) in [5.74, 6) is -0.636. The van der Waals surface area contributed by atoms with Crippen molar-refractivity contribution < 1.29 is 9.59 Å². The number of nitrogens with two attached hydrogens (primary N) is 2. The van der Waals surface area contributed by atoms with Crippen LogP contribution in [0.4, 0.5) is 9.80 Å². The predicted molar refractivity (Wildman–Crippen MR) is 77.0 cm³/mol. The van der Waals surface area contributed by atoms with Crippen LogP contribution >= 0.6 is 27.3 Å². The first-order valence-electron chi connectivity index (χ1n) is 5.09. The fourth-order valence-corrected chi connectivity index (χ4v) is 2.70. The van der Waals surface area contributed by atoms with Crippen molar-refractivity contribution in [3.63, 3.8) is 0 Å². The number of thiophene rings is 1. The van der Waals surface area contributed by atoms with Gasteiger partial charge in [-0.05, 0) is 34.1 Å². The molecule has 6 nitrogen and oxygen atoms in total. The van der Waals surface area contributed by atoms with Crippen LogP contribution < -0.4 is 16.8 Å². The summed E-state index contributed by atoms with van der Waals surface area (Å²) in [6.07, 6.45) is 1.64. The van der Waals surface area contributed by atoms with Crippen LogP contribution in [0.15, 0.2) is 28.9 Å². The van der Waals surface area contributed by atoms with Crippen molar-refractivity contribution in [1.29, 1.82) is 0 Å². The van der Waals surface area contributed by atoms with E-state index < -0.39 is 11.9 Å². The fourth-order valence-electron chi connectivity index (χ4n) is 1.43. The summed E-state index contributed by atoms with van der Waals surface area (Å²) >= 11 is 4.47. The standard InChI is InChI=1S/C11H9BrN4O2S/c12-5-1-2-7(15-4-5)8-3-6(9(13)17)10(19-8)16-11(14)18/h1-4H,(H2,13,17)(H3,14,16,18). The highest BCUT2D eigenvalue weighted by atomic mass is 79.9. The molecule has 2 aromatic heterocycles. The molecule has 0 unspecified atom stereocenters. The summed E-state index contributed by atoms with van der Waals surface area (Å²) < 4.78 is 0.846. The van der Waals surface area contributed by atoms with Crippen molar-refractivity contribution >= 4 is 44.2 Å². The van der Waals surface area contributed by atoms with E-state index >= 15 is 0 Å². The van der Waals surface area contributed by atoms with E-state index in [0.717, 1.165) is 4.47 Å². The van der Waals surface area contributed by atoms with Gasteiger partial charge in [0.2, 0.25) is 0 Å². The maximum Gasteiger partial charge on any atom is 0.317 e. The molecule has 0 radical (unpaired) electrons. The number of halogens is 1. The minimum Gasteiger partial charge on any atom is -0.366 e. The lowest BCUT2D eigenvalue weighted by Crippen LogP contribution is -2.21. The number of primary amides is 2. The Balaban J connectivity index is 2.45. The normalized spacial score (nSPS) is 10.2. The van der Waals surface area contributed by atoms with Gasteiger partial charge in [-0.25, -0.2) is 4.79 Å². The average molecular weight is 341 g/mol. The topological polar surface area (TPSA) is 111 Å². The average Bonchev–Trinajstić information content (AvgIpc) is 2.73. The van der Waals surface area contributed by atoms with E-state index in [2.05, 4.69) is 26.2 Å². The molecule has 0 bridgehead atoms. The molecule has 0 aliphatic heterocycles. The van der Waals surface area contributed by atoms with E-state index in [-0.39, 0.29) is 5.56 Å². The van der Waals surface area contributed by atoms with Crippen LogP contribution in [0.25, 0.3) is 10.6 Å². The monoisotopic (exact) mass is 340 g/mol. The molecule has 0 saturated carbocycles. The molecule has 0 saturated heterocycles. The smallest absolute Gasteiger partial charge is 0.317 e. The van der Waals surface area contributed by atoms with Gasteiger partial charge in [0.15, 0.2) is 0 Å². The molecule has 0 aliphatic carbocycles. The lowest BCUT2D eigenvalue weighted by molar-refractivity contribution is 0.100. The van der Waals surface area contributed by atoms with Crippen LogP contribution in [0.1, 0.15) is 10.4 Å². The Bertz CT molecular complexity index is 639. The van der Waals surface area contributed by atoms with Gasteiger partial charge in [-0.2, -0.15) is 0 Å². The van der Waals surface area contributed by atoms with Gasteiger partial charge < -0.3 is 11.5 Å². The zero-order valence-electron chi connectivity index (χ0n) is 9.51. The van der Waals surface area contributed by atoms with E-state index in [4.69, 9.17) is 11.5 Å². The van der Waals surface area contributed by atoms with Gasteiger partial charge in [-0.15, -0.1) is 11.3 Å². The van der Waals surface area contributed by atoms with Crippen LogP contribution in [-0.2, 0) is 0 Å². The van der Waals surface area contributed by atoms with Crippen LogP contribution in [0.3, 0.4) is 0 Å². The van der Waals surface area contributed by atoms with E-state index in [1.165, 1.54) is 11.3 Å². The van der Waals surface area contributed by atoms with Gasteiger partial charge in [-0.3, -0.25) is 15.1 Å². The molecule has 3 amide bonds. The number of nitrogens with one attached hydrogen (secondary N) is 1. The van der Waals surface area contributed by atoms with Gasteiger partial charge in [0.25, 0.3) is 5.91 Å². The van der Waals surface area contributed by atoms with Gasteiger partial charge in [0.1, 0.15) is 5.00 Å². The van der Waals surface area contributed by atoms with Crippen LogP contribution in [0, 0.1) is 0 Å². The number of amides is 3. The quantitative estimate of drug-likeness (QED) is 0.795. The largest absolute Gasteiger partial charge is 0.366 e. The Morgan fingerprint density at radius 1 is 1.32 bits per heavy atom. The van der Waals surface area contributed by atoms with Crippen molar-refractivity contribution in [2.24, 2.45) is 11.5 Å². The molecule has 0 aromatic carbocycles. The Labute approximate surface area is 120 Å². The molecule has 19 heavy (non-hydrogen) atoms. The zero-order chi connectivity index (χ0) is 14.0. The van der Waals surface area contributed by atoms with Crippen LogP contribution in [0.2, 0.25) is 0 Å². The predicted octanol–water partition coefficient (Wildman–Crippen LogP) is 2.16. The Hall–Kier alpha value is -1.93. The van der Waals surface area contributed by atoms with E-state index in [1.54, 1.807) is 18.3 Å². The third-order valence-corrected chi connectivity index (χ3v) is 3.76. The number of rotatable bonds is 3. The summed E-state index contributed by atoms with van der Waals surface area (Å²) in [6, 6.07) is 4.44. The molecule has 8 heteroatoms. The van der Waals surface area contributed by atoms with Gasteiger partial charge in [0.05, 0.1) is 16.1 Å². The third kappa shape index (κ3) is 3.09. The number of anilines is 1. The molecule has 0 fully saturated rings. The Morgan fingerprint density at radius 2 is 2.05 bits per heavy atom. The zero-order valence-corrected chi connectivity index (χ0v) is 11.9. The second-order valence-electron chi connectivity index (χ2n) is 3.57. The molecular formula is C11H9BrN4O2S. The number of nitrogens with zero attached hydrogens (tertiary/aromatic N) is 1. The minimum absolute atomic E-state index is 0.212. The SMILES string of the molecule is NC(=O)Nc1sc(-c2ccc(Br)cn2)cc1C(N)=O. The lowest BCUT2D eigenvalue weighted by Gasteiger charge is -1.98. The minimum atomic E-state index is -0.750. The molecular weight excluding hydrogens is 332 g/mol. The molecule has 2 aromatic rings. The highest BCUT2D eigenvalue weighted by Gasteiger charge is 2.16. The molecule has 2 rings (SSSR count). The summed E-state index contributed by atoms with van der Waals surface area (Å²) in [5.41, 5.74) is 11.2. The van der Waals surface area contributed by atoms with Crippen molar-refractivity contribution in [2.75, 3.05) is 5.32 Å². The molecule has 0 atom stereocenters. The number of pyridine rings is 1. The van der Waals surface area contributed by atoms with Crippen molar-refractivity contribution in [3.05, 3.63) is 34.4 Å². The van der Waals surface area contributed by atoms with E-state index in [9.17, 15) is 9.59 Å². The molecule has 5 N–H and O–H groups in total. The summed E-state index contributed by atoms with van der Waals surface area (Å²) in [4.78, 5) is 27.1. The molecule has 0 aliphatic rings. The van der Waals surface area contributed by atoms with Crippen molar-refractivity contribution in [1.82, 2.24) is 4.98 Å². The highest BCUT2D eigenvalue weighted by molar-refractivity contribution is 9.10. The lowest BCUT2D eigenvalue weighted by atomic mass is 10.2. The number of carbonyl (C=O) groups is 2. The first-order valence-corrected chi connectivity index (χ1v) is 6.70. The van der Waals surface area contributed by atoms with Crippen LogP contribution in [-0.4, -0.2) is 16.9 Å². The second-order valence-corrected chi connectivity index (χ2v) is 5.54. The summed E-state index contributed by atoms with van der Waals surface area (Å²) in [6.45, 7) is 0. The Kier molecular flexibility index (Phi) is 3.82. The fraction of sp³-hybridized carbons (Fsp3) is 0. The van der Waals surface area contributed by atoms with Crippen molar-refractivity contribution in [2.45, 2.75) is 0 Å². The number of aromatic nitrogens is 1.